The van der Waals surface area contributed by atoms with Crippen LogP contribution in [0.5, 0.6) is 5.75 Å². The molecule has 0 saturated carbocycles. The van der Waals surface area contributed by atoms with Gasteiger partial charge in [0.15, 0.2) is 0 Å². The molecule has 1 saturated heterocycles. The highest BCUT2D eigenvalue weighted by molar-refractivity contribution is 7.90. The van der Waals surface area contributed by atoms with Gasteiger partial charge in [0.2, 0.25) is 15.9 Å². The molecule has 0 spiro atoms. The van der Waals surface area contributed by atoms with Crippen molar-refractivity contribution in [2.75, 3.05) is 5.75 Å². The lowest BCUT2D eigenvalue weighted by molar-refractivity contribution is -0.119. The van der Waals surface area contributed by atoms with E-state index in [1.165, 1.54) is 0 Å². The summed E-state index contributed by atoms with van der Waals surface area (Å²) < 4.78 is 31.6. The molecule has 2 aromatic rings. The second-order valence-electron chi connectivity index (χ2n) is 6.84. The zero-order valence-electron chi connectivity index (χ0n) is 14.1. The number of carbonyl (C=O) groups is 1. The first-order valence-electron chi connectivity index (χ1n) is 8.58. The van der Waals surface area contributed by atoms with Crippen LogP contribution in [0.15, 0.2) is 42.5 Å². The second-order valence-corrected chi connectivity index (χ2v) is 8.60. The predicted octanol–water partition coefficient (Wildman–Crippen LogP) is 1.48. The lowest BCUT2D eigenvalue weighted by atomic mass is 9.88. The van der Waals surface area contributed by atoms with Crippen molar-refractivity contribution in [1.29, 1.82) is 0 Å². The average molecular weight is 367 g/mol. The number of rotatable bonds is 3. The SMILES string of the molecule is [B]c1cccc2c1CC[C@H]2Oc1ccc(C2CC(=O)NS(=O)(=O)C2)cc1. The van der Waals surface area contributed by atoms with Crippen molar-refractivity contribution in [3.63, 3.8) is 0 Å². The van der Waals surface area contributed by atoms with Gasteiger partial charge in [0.05, 0.1) is 5.75 Å². The fourth-order valence-electron chi connectivity index (χ4n) is 3.77. The highest BCUT2D eigenvalue weighted by atomic mass is 32.2. The highest BCUT2D eigenvalue weighted by Gasteiger charge is 2.30. The lowest BCUT2D eigenvalue weighted by Crippen LogP contribution is -2.40. The summed E-state index contributed by atoms with van der Waals surface area (Å²) in [5.74, 6) is -0.137. The van der Waals surface area contributed by atoms with Crippen LogP contribution in [0.3, 0.4) is 0 Å². The topological polar surface area (TPSA) is 72.5 Å². The Morgan fingerprint density at radius 1 is 1.12 bits per heavy atom. The van der Waals surface area contributed by atoms with Gasteiger partial charge in [-0.1, -0.05) is 35.8 Å². The Kier molecular flexibility index (Phi) is 4.27. The van der Waals surface area contributed by atoms with Crippen LogP contribution in [-0.4, -0.2) is 27.9 Å². The molecule has 1 N–H and O–H groups in total. The van der Waals surface area contributed by atoms with E-state index in [-0.39, 0.29) is 24.2 Å². The second kappa shape index (κ2) is 6.47. The van der Waals surface area contributed by atoms with Gasteiger partial charge in [0, 0.05) is 12.3 Å². The van der Waals surface area contributed by atoms with Crippen LogP contribution in [0.2, 0.25) is 0 Å². The van der Waals surface area contributed by atoms with Gasteiger partial charge in [-0.3, -0.25) is 9.52 Å². The third kappa shape index (κ3) is 3.36. The molecule has 0 aromatic heterocycles. The fourth-order valence-corrected chi connectivity index (χ4v) is 5.12. The number of sulfonamides is 1. The highest BCUT2D eigenvalue weighted by Crippen LogP contribution is 2.34. The molecule has 4 rings (SSSR count). The van der Waals surface area contributed by atoms with Crippen molar-refractivity contribution in [3.8, 4) is 5.75 Å². The number of fused-ring (bicyclic) bond motifs is 1. The van der Waals surface area contributed by atoms with E-state index in [4.69, 9.17) is 12.6 Å². The maximum absolute atomic E-state index is 11.7. The Balaban J connectivity index is 1.50. The molecule has 26 heavy (non-hydrogen) atoms. The van der Waals surface area contributed by atoms with Crippen molar-refractivity contribution in [2.45, 2.75) is 31.3 Å². The molecule has 5 nitrogen and oxygen atoms in total. The van der Waals surface area contributed by atoms with E-state index in [0.29, 0.717) is 0 Å². The number of ether oxygens (including phenoxy) is 1. The van der Waals surface area contributed by atoms with E-state index in [9.17, 15) is 13.2 Å². The van der Waals surface area contributed by atoms with Crippen molar-refractivity contribution in [2.24, 2.45) is 0 Å². The largest absolute Gasteiger partial charge is 0.486 e. The maximum Gasteiger partial charge on any atom is 0.235 e. The summed E-state index contributed by atoms with van der Waals surface area (Å²) in [5.41, 5.74) is 3.92. The van der Waals surface area contributed by atoms with E-state index < -0.39 is 15.9 Å². The van der Waals surface area contributed by atoms with E-state index in [1.807, 2.05) is 47.2 Å². The minimum absolute atomic E-state index is 0.0276. The molecule has 2 radical (unpaired) electrons. The van der Waals surface area contributed by atoms with E-state index in [2.05, 4.69) is 0 Å². The standard InChI is InChI=1S/C19H18BNO4S/c20-17-3-1-2-16-15(17)8-9-18(16)25-14-6-4-12(5-7-14)13-10-19(22)21-26(23,24)11-13/h1-7,13,18H,8-11H2,(H,21,22)/t13?,18-/m1/s1. The van der Waals surface area contributed by atoms with Crippen LogP contribution in [0, 0.1) is 0 Å². The molecule has 2 atom stereocenters. The van der Waals surface area contributed by atoms with Crippen LogP contribution in [-0.2, 0) is 21.2 Å². The summed E-state index contributed by atoms with van der Waals surface area (Å²) in [4.78, 5) is 11.6. The summed E-state index contributed by atoms with van der Waals surface area (Å²) in [6.45, 7) is 0. The minimum atomic E-state index is -3.54. The van der Waals surface area contributed by atoms with Gasteiger partial charge in [-0.15, -0.1) is 0 Å². The molecule has 1 fully saturated rings. The molecule has 0 bridgehead atoms. The predicted molar refractivity (Wildman–Crippen MR) is 99.2 cm³/mol. The summed E-state index contributed by atoms with van der Waals surface area (Å²) in [6, 6.07) is 13.2. The Hall–Kier alpha value is -2.28. The van der Waals surface area contributed by atoms with Gasteiger partial charge in [-0.2, -0.15) is 0 Å². The first-order chi connectivity index (χ1) is 12.4. The number of benzene rings is 2. The first kappa shape index (κ1) is 17.2. The van der Waals surface area contributed by atoms with Gasteiger partial charge in [-0.25, -0.2) is 8.42 Å². The molecule has 1 unspecified atom stereocenters. The van der Waals surface area contributed by atoms with Crippen molar-refractivity contribution >= 4 is 29.2 Å². The van der Waals surface area contributed by atoms with Gasteiger partial charge >= 0.3 is 0 Å². The smallest absolute Gasteiger partial charge is 0.235 e. The van der Waals surface area contributed by atoms with Gasteiger partial charge in [0.25, 0.3) is 0 Å². The van der Waals surface area contributed by atoms with Crippen LogP contribution in [0.25, 0.3) is 0 Å². The Morgan fingerprint density at radius 2 is 1.88 bits per heavy atom. The summed E-state index contributed by atoms with van der Waals surface area (Å²) >= 11 is 0. The zero-order valence-corrected chi connectivity index (χ0v) is 15.0. The molecular formula is C19H18BNO4S. The number of nitrogens with one attached hydrogen (secondary N) is 1. The molecule has 132 valence electrons. The number of hydrogen-bond acceptors (Lipinski definition) is 4. The quantitative estimate of drug-likeness (QED) is 0.835. The van der Waals surface area contributed by atoms with Crippen molar-refractivity contribution < 1.29 is 17.9 Å². The maximum atomic E-state index is 11.7. The number of hydrogen-bond donors (Lipinski definition) is 1. The summed E-state index contributed by atoms with van der Waals surface area (Å²) in [5, 5.41) is 0. The van der Waals surface area contributed by atoms with Crippen LogP contribution in [0.1, 0.15) is 41.6 Å². The van der Waals surface area contributed by atoms with Gasteiger partial charge < -0.3 is 4.74 Å². The van der Waals surface area contributed by atoms with Crippen molar-refractivity contribution in [1.82, 2.24) is 4.72 Å². The fraction of sp³-hybridized carbons (Fsp3) is 0.316. The number of carbonyl (C=O) groups excluding carboxylic acids is 1. The van der Waals surface area contributed by atoms with E-state index >= 15 is 0 Å². The minimum Gasteiger partial charge on any atom is -0.486 e. The van der Waals surface area contributed by atoms with Crippen LogP contribution >= 0.6 is 0 Å². The normalized spacial score (nSPS) is 23.9. The lowest BCUT2D eigenvalue weighted by Gasteiger charge is -2.23. The van der Waals surface area contributed by atoms with E-state index in [0.717, 1.165) is 40.7 Å². The van der Waals surface area contributed by atoms with Gasteiger partial charge in [0.1, 0.15) is 19.7 Å². The van der Waals surface area contributed by atoms with Crippen LogP contribution in [0.4, 0.5) is 0 Å². The molecule has 1 aliphatic heterocycles. The molecule has 2 aliphatic rings. The molecule has 1 aliphatic carbocycles. The monoisotopic (exact) mass is 367 g/mol. The molecule has 1 amide bonds. The molecular weight excluding hydrogens is 349 g/mol. The van der Waals surface area contributed by atoms with E-state index in [1.54, 1.807) is 0 Å². The molecule has 7 heteroatoms. The first-order valence-corrected chi connectivity index (χ1v) is 10.2. The molecule has 2 aromatic carbocycles. The van der Waals surface area contributed by atoms with Crippen molar-refractivity contribution in [3.05, 3.63) is 59.2 Å². The Bertz CT molecular complexity index is 956. The third-order valence-corrected chi connectivity index (χ3v) is 6.38. The third-order valence-electron chi connectivity index (χ3n) is 5.00. The Morgan fingerprint density at radius 3 is 2.62 bits per heavy atom. The Labute approximate surface area is 154 Å². The summed E-state index contributed by atoms with van der Waals surface area (Å²) in [7, 11) is 2.49. The molecule has 1 heterocycles. The van der Waals surface area contributed by atoms with Gasteiger partial charge in [-0.05, 0) is 41.7 Å². The van der Waals surface area contributed by atoms with Crippen LogP contribution < -0.4 is 14.9 Å². The number of amides is 1. The average Bonchev–Trinajstić information content (AvgIpc) is 2.98. The summed E-state index contributed by atoms with van der Waals surface area (Å²) in [6.07, 6.45) is 1.93. The zero-order chi connectivity index (χ0) is 18.3.